The molecular formula is C24H30O6. The summed E-state index contributed by atoms with van der Waals surface area (Å²) in [6.45, 7) is 6.08. The molecule has 0 spiro atoms. The first-order valence-electron chi connectivity index (χ1n) is 10.5. The lowest BCUT2D eigenvalue weighted by molar-refractivity contribution is -0.150. The fourth-order valence-corrected chi connectivity index (χ4v) is 3.01. The number of carbonyl (C=O) groups is 3. The number of benzene rings is 1. The summed E-state index contributed by atoms with van der Waals surface area (Å²) in [5.74, 6) is -1.19. The maximum absolute atomic E-state index is 12.2. The summed E-state index contributed by atoms with van der Waals surface area (Å²) >= 11 is 0. The van der Waals surface area contributed by atoms with Gasteiger partial charge in [0.1, 0.15) is 11.9 Å². The molecule has 6 nitrogen and oxygen atoms in total. The van der Waals surface area contributed by atoms with Crippen molar-refractivity contribution in [1.29, 1.82) is 0 Å². The summed E-state index contributed by atoms with van der Waals surface area (Å²) in [7, 11) is 0. The normalized spacial score (nSPS) is 14.3. The summed E-state index contributed by atoms with van der Waals surface area (Å²) in [6.07, 6.45) is 9.59. The highest BCUT2D eigenvalue weighted by Crippen LogP contribution is 2.21. The van der Waals surface area contributed by atoms with Crippen molar-refractivity contribution in [2.75, 3.05) is 6.61 Å². The van der Waals surface area contributed by atoms with Crippen LogP contribution in [0.2, 0.25) is 0 Å². The zero-order chi connectivity index (χ0) is 21.8. The van der Waals surface area contributed by atoms with E-state index in [9.17, 15) is 14.4 Å². The van der Waals surface area contributed by atoms with Crippen LogP contribution in [0.4, 0.5) is 0 Å². The summed E-state index contributed by atoms with van der Waals surface area (Å²) < 4.78 is 15.7. The molecule has 0 radical (unpaired) electrons. The van der Waals surface area contributed by atoms with Crippen molar-refractivity contribution >= 4 is 24.0 Å². The van der Waals surface area contributed by atoms with E-state index in [1.165, 1.54) is 12.5 Å². The predicted octanol–water partition coefficient (Wildman–Crippen LogP) is 4.77. The molecule has 0 aromatic heterocycles. The Kier molecular flexibility index (Phi) is 9.84. The van der Waals surface area contributed by atoms with Crippen LogP contribution < -0.4 is 4.74 Å². The molecule has 0 N–H and O–H groups in total. The third-order valence-electron chi connectivity index (χ3n) is 4.74. The number of hydrogen-bond donors (Lipinski definition) is 0. The second-order valence-corrected chi connectivity index (χ2v) is 7.34. The average Bonchev–Trinajstić information content (AvgIpc) is 2.74. The van der Waals surface area contributed by atoms with Crippen molar-refractivity contribution in [3.63, 3.8) is 0 Å². The smallest absolute Gasteiger partial charge is 0.339 e. The van der Waals surface area contributed by atoms with Gasteiger partial charge in [-0.05, 0) is 55.9 Å². The Bertz CT molecular complexity index is 756. The Morgan fingerprint density at radius 1 is 1.10 bits per heavy atom. The van der Waals surface area contributed by atoms with Gasteiger partial charge >= 0.3 is 17.9 Å². The fraction of sp³-hybridized carbons (Fsp3) is 0.458. The predicted molar refractivity (Wildman–Crippen MR) is 114 cm³/mol. The number of hydrogen-bond acceptors (Lipinski definition) is 6. The average molecular weight is 414 g/mol. The van der Waals surface area contributed by atoms with Gasteiger partial charge in [0, 0.05) is 11.6 Å². The molecule has 0 amide bonds. The van der Waals surface area contributed by atoms with Crippen LogP contribution in [0.15, 0.2) is 42.5 Å². The van der Waals surface area contributed by atoms with Gasteiger partial charge in [-0.25, -0.2) is 9.59 Å². The summed E-state index contributed by atoms with van der Waals surface area (Å²) in [4.78, 5) is 35.7. The summed E-state index contributed by atoms with van der Waals surface area (Å²) in [6, 6.07) is 6.62. The summed E-state index contributed by atoms with van der Waals surface area (Å²) in [5, 5.41) is 0. The monoisotopic (exact) mass is 414 g/mol. The van der Waals surface area contributed by atoms with Gasteiger partial charge in [0.25, 0.3) is 0 Å². The van der Waals surface area contributed by atoms with Gasteiger partial charge in [-0.15, -0.1) is 0 Å². The van der Waals surface area contributed by atoms with Crippen LogP contribution in [-0.2, 0) is 23.9 Å². The summed E-state index contributed by atoms with van der Waals surface area (Å²) in [5.41, 5.74) is 0.812. The van der Waals surface area contributed by atoms with Crippen LogP contribution in [0.5, 0.6) is 5.75 Å². The molecule has 0 saturated heterocycles. The van der Waals surface area contributed by atoms with Crippen molar-refractivity contribution in [2.45, 2.75) is 64.4 Å². The van der Waals surface area contributed by atoms with E-state index in [4.69, 9.17) is 14.2 Å². The van der Waals surface area contributed by atoms with E-state index in [0.29, 0.717) is 12.4 Å². The lowest BCUT2D eigenvalue weighted by atomic mass is 9.98. The van der Waals surface area contributed by atoms with Crippen LogP contribution in [0, 0.1) is 0 Å². The van der Waals surface area contributed by atoms with E-state index < -0.39 is 17.9 Å². The first-order valence-corrected chi connectivity index (χ1v) is 10.5. The highest BCUT2D eigenvalue weighted by Gasteiger charge is 2.20. The molecule has 1 saturated carbocycles. The minimum Gasteiger partial charge on any atom is -0.463 e. The van der Waals surface area contributed by atoms with Crippen molar-refractivity contribution in [3.05, 3.63) is 48.1 Å². The van der Waals surface area contributed by atoms with E-state index in [2.05, 4.69) is 6.58 Å². The second-order valence-electron chi connectivity index (χ2n) is 7.34. The molecule has 0 unspecified atom stereocenters. The quantitative estimate of drug-likeness (QED) is 0.237. The standard InChI is InChI=1S/C24H30O6/c1-3-4-16-28-22(25)15-12-19-10-13-21(14-11-19)30-24(27)18(2)17-23(26)29-20-8-6-5-7-9-20/h10-15,20H,2-9,16-17H2,1H3. The van der Waals surface area contributed by atoms with Crippen LogP contribution in [0.1, 0.15) is 63.9 Å². The fourth-order valence-electron chi connectivity index (χ4n) is 3.01. The molecular weight excluding hydrogens is 384 g/mol. The Hall–Kier alpha value is -2.89. The molecule has 6 heteroatoms. The first-order chi connectivity index (χ1) is 14.5. The molecule has 1 fully saturated rings. The number of carbonyl (C=O) groups excluding carboxylic acids is 3. The lowest BCUT2D eigenvalue weighted by Crippen LogP contribution is -2.22. The van der Waals surface area contributed by atoms with E-state index >= 15 is 0 Å². The van der Waals surface area contributed by atoms with Gasteiger partial charge in [0.2, 0.25) is 0 Å². The molecule has 0 bridgehead atoms. The van der Waals surface area contributed by atoms with Crippen molar-refractivity contribution in [1.82, 2.24) is 0 Å². The lowest BCUT2D eigenvalue weighted by Gasteiger charge is -2.21. The zero-order valence-electron chi connectivity index (χ0n) is 17.6. The molecule has 0 aliphatic heterocycles. The van der Waals surface area contributed by atoms with Gasteiger partial charge < -0.3 is 14.2 Å². The molecule has 0 heterocycles. The minimum absolute atomic E-state index is 0.0506. The SMILES string of the molecule is C=C(CC(=O)OC1CCCCC1)C(=O)Oc1ccc(C=CC(=O)OCCCC)cc1. The number of ether oxygens (including phenoxy) is 3. The van der Waals surface area contributed by atoms with Gasteiger partial charge in [0.15, 0.2) is 0 Å². The van der Waals surface area contributed by atoms with Crippen LogP contribution in [0.25, 0.3) is 6.08 Å². The minimum atomic E-state index is -0.668. The van der Waals surface area contributed by atoms with Gasteiger partial charge in [-0.3, -0.25) is 4.79 Å². The second kappa shape index (κ2) is 12.6. The molecule has 162 valence electrons. The Balaban J connectivity index is 1.76. The van der Waals surface area contributed by atoms with Gasteiger partial charge in [-0.1, -0.05) is 38.5 Å². The maximum atomic E-state index is 12.2. The highest BCUT2D eigenvalue weighted by molar-refractivity contribution is 5.94. The zero-order valence-corrected chi connectivity index (χ0v) is 17.6. The van der Waals surface area contributed by atoms with E-state index in [0.717, 1.165) is 44.1 Å². The topological polar surface area (TPSA) is 78.9 Å². The molecule has 1 aliphatic rings. The molecule has 1 aromatic rings. The van der Waals surface area contributed by atoms with Gasteiger partial charge in [-0.2, -0.15) is 0 Å². The molecule has 0 atom stereocenters. The Labute approximate surface area is 177 Å². The van der Waals surface area contributed by atoms with Crippen molar-refractivity contribution in [2.24, 2.45) is 0 Å². The number of esters is 3. The van der Waals surface area contributed by atoms with E-state index in [1.807, 2.05) is 6.92 Å². The Morgan fingerprint density at radius 3 is 2.47 bits per heavy atom. The number of unbranched alkanes of at least 4 members (excludes halogenated alkanes) is 1. The van der Waals surface area contributed by atoms with Crippen molar-refractivity contribution < 1.29 is 28.6 Å². The van der Waals surface area contributed by atoms with Crippen LogP contribution in [-0.4, -0.2) is 30.6 Å². The Morgan fingerprint density at radius 2 is 1.80 bits per heavy atom. The molecule has 30 heavy (non-hydrogen) atoms. The maximum Gasteiger partial charge on any atom is 0.339 e. The third-order valence-corrected chi connectivity index (χ3v) is 4.74. The molecule has 1 aliphatic carbocycles. The van der Waals surface area contributed by atoms with Crippen LogP contribution >= 0.6 is 0 Å². The largest absolute Gasteiger partial charge is 0.463 e. The first kappa shape index (κ1) is 23.4. The highest BCUT2D eigenvalue weighted by atomic mass is 16.5. The third kappa shape index (κ3) is 8.64. The molecule has 2 rings (SSSR count). The van der Waals surface area contributed by atoms with Crippen LogP contribution in [0.3, 0.4) is 0 Å². The van der Waals surface area contributed by atoms with E-state index in [1.54, 1.807) is 30.3 Å². The van der Waals surface area contributed by atoms with Gasteiger partial charge in [0.05, 0.1) is 13.0 Å². The van der Waals surface area contributed by atoms with E-state index in [-0.39, 0.29) is 18.1 Å². The number of rotatable bonds is 10. The van der Waals surface area contributed by atoms with Crippen molar-refractivity contribution in [3.8, 4) is 5.75 Å². The molecule has 1 aromatic carbocycles.